The van der Waals surface area contributed by atoms with Gasteiger partial charge in [-0.2, -0.15) is 0 Å². The van der Waals surface area contributed by atoms with Crippen LogP contribution in [-0.4, -0.2) is 18.8 Å². The quantitative estimate of drug-likeness (QED) is 0.898. The molecule has 0 fully saturated rings. The van der Waals surface area contributed by atoms with E-state index in [0.29, 0.717) is 5.92 Å². The molecule has 1 aromatic rings. The predicted octanol–water partition coefficient (Wildman–Crippen LogP) is 3.51. The number of methoxy groups -OCH3 is 1. The van der Waals surface area contributed by atoms with Crippen LogP contribution in [0.15, 0.2) is 16.6 Å². The first-order valence-electron chi connectivity index (χ1n) is 5.57. The molecule has 16 heavy (non-hydrogen) atoms. The lowest BCUT2D eigenvalue weighted by Crippen LogP contribution is -1.98. The van der Waals surface area contributed by atoms with Crippen molar-refractivity contribution in [3.05, 3.63) is 27.7 Å². The smallest absolute Gasteiger partial charge is 0.122 e. The number of hydrogen-bond donors (Lipinski definition) is 1. The highest BCUT2D eigenvalue weighted by molar-refractivity contribution is 9.10. The number of hydrogen-bond acceptors (Lipinski definition) is 2. The van der Waals surface area contributed by atoms with E-state index in [1.807, 2.05) is 0 Å². The van der Waals surface area contributed by atoms with Crippen molar-refractivity contribution in [3.8, 4) is 5.75 Å². The molecule has 0 aliphatic rings. The molecule has 0 bridgehead atoms. The Morgan fingerprint density at radius 2 is 2.06 bits per heavy atom. The lowest BCUT2D eigenvalue weighted by Gasteiger charge is -2.14. The normalized spacial score (nSPS) is 10.9. The van der Waals surface area contributed by atoms with Crippen LogP contribution in [0.3, 0.4) is 0 Å². The maximum absolute atomic E-state index is 8.85. The Morgan fingerprint density at radius 3 is 2.56 bits per heavy atom. The standard InChI is InChI=1S/C13H19BrO2/c1-9(2)11-8-13(16-3)10(5-4-6-15)7-12(11)14/h7-9,15H,4-6H2,1-3H3. The molecule has 0 aromatic heterocycles. The van der Waals surface area contributed by atoms with Gasteiger partial charge < -0.3 is 9.84 Å². The second-order valence-corrected chi connectivity index (χ2v) is 5.02. The van der Waals surface area contributed by atoms with E-state index >= 15 is 0 Å². The molecule has 0 radical (unpaired) electrons. The van der Waals surface area contributed by atoms with Gasteiger partial charge in [0, 0.05) is 11.1 Å². The average Bonchev–Trinajstić information content (AvgIpc) is 2.25. The summed E-state index contributed by atoms with van der Waals surface area (Å²) in [6.45, 7) is 4.53. The number of aliphatic hydroxyl groups excluding tert-OH is 1. The van der Waals surface area contributed by atoms with Gasteiger partial charge in [0.15, 0.2) is 0 Å². The number of rotatable bonds is 5. The maximum Gasteiger partial charge on any atom is 0.122 e. The third-order valence-electron chi connectivity index (χ3n) is 2.63. The highest BCUT2D eigenvalue weighted by Gasteiger charge is 2.11. The number of aliphatic hydroxyl groups is 1. The van der Waals surface area contributed by atoms with E-state index in [0.717, 1.165) is 28.6 Å². The lowest BCUT2D eigenvalue weighted by atomic mass is 9.99. The van der Waals surface area contributed by atoms with Crippen molar-refractivity contribution < 1.29 is 9.84 Å². The molecule has 0 spiro atoms. The first kappa shape index (κ1) is 13.5. The fourth-order valence-corrected chi connectivity index (χ4v) is 2.56. The second-order valence-electron chi connectivity index (χ2n) is 4.17. The van der Waals surface area contributed by atoms with Crippen LogP contribution in [-0.2, 0) is 6.42 Å². The second kappa shape index (κ2) is 6.26. The van der Waals surface area contributed by atoms with Gasteiger partial charge in [-0.25, -0.2) is 0 Å². The molecule has 0 amide bonds. The van der Waals surface area contributed by atoms with Crippen molar-refractivity contribution >= 4 is 15.9 Å². The summed E-state index contributed by atoms with van der Waals surface area (Å²) < 4.78 is 6.51. The number of ether oxygens (including phenoxy) is 1. The zero-order valence-corrected chi connectivity index (χ0v) is 11.7. The summed E-state index contributed by atoms with van der Waals surface area (Å²) in [6, 6.07) is 4.19. The minimum atomic E-state index is 0.215. The molecule has 0 aliphatic carbocycles. The molecule has 2 nitrogen and oxygen atoms in total. The summed E-state index contributed by atoms with van der Waals surface area (Å²) in [4.78, 5) is 0. The Bertz CT molecular complexity index is 348. The Morgan fingerprint density at radius 1 is 1.38 bits per heavy atom. The van der Waals surface area contributed by atoms with Crippen LogP contribution < -0.4 is 4.74 Å². The molecule has 0 aliphatic heterocycles. The summed E-state index contributed by atoms with van der Waals surface area (Å²) in [7, 11) is 1.69. The van der Waals surface area contributed by atoms with Gasteiger partial charge in [0.2, 0.25) is 0 Å². The molecule has 1 rings (SSSR count). The number of aryl methyl sites for hydroxylation is 1. The zero-order valence-electron chi connectivity index (χ0n) is 10.1. The number of benzene rings is 1. The van der Waals surface area contributed by atoms with Gasteiger partial charge in [0.25, 0.3) is 0 Å². The van der Waals surface area contributed by atoms with Gasteiger partial charge >= 0.3 is 0 Å². The average molecular weight is 287 g/mol. The topological polar surface area (TPSA) is 29.5 Å². The van der Waals surface area contributed by atoms with Gasteiger partial charge in [-0.15, -0.1) is 0 Å². The number of halogens is 1. The van der Waals surface area contributed by atoms with E-state index < -0.39 is 0 Å². The first-order valence-corrected chi connectivity index (χ1v) is 6.36. The molecule has 90 valence electrons. The predicted molar refractivity (Wildman–Crippen MR) is 70.2 cm³/mol. The van der Waals surface area contributed by atoms with Gasteiger partial charge in [-0.3, -0.25) is 0 Å². The van der Waals surface area contributed by atoms with Gasteiger partial charge in [-0.1, -0.05) is 29.8 Å². The van der Waals surface area contributed by atoms with Gasteiger partial charge in [0.05, 0.1) is 7.11 Å². The summed E-state index contributed by atoms with van der Waals surface area (Å²) in [5.74, 6) is 1.38. The lowest BCUT2D eigenvalue weighted by molar-refractivity contribution is 0.287. The van der Waals surface area contributed by atoms with E-state index in [1.165, 1.54) is 5.56 Å². The largest absolute Gasteiger partial charge is 0.496 e. The highest BCUT2D eigenvalue weighted by atomic mass is 79.9. The summed E-state index contributed by atoms with van der Waals surface area (Å²) in [5.41, 5.74) is 2.40. The van der Waals surface area contributed by atoms with Crippen LogP contribution in [0.25, 0.3) is 0 Å². The van der Waals surface area contributed by atoms with Crippen molar-refractivity contribution in [2.24, 2.45) is 0 Å². The van der Waals surface area contributed by atoms with Crippen LogP contribution in [0.5, 0.6) is 5.75 Å². The fraction of sp³-hybridized carbons (Fsp3) is 0.538. The van der Waals surface area contributed by atoms with E-state index in [4.69, 9.17) is 9.84 Å². The van der Waals surface area contributed by atoms with Crippen molar-refractivity contribution in [3.63, 3.8) is 0 Å². The SMILES string of the molecule is COc1cc(C(C)C)c(Br)cc1CCCO. The molecule has 0 saturated heterocycles. The summed E-state index contributed by atoms with van der Waals surface area (Å²) in [5, 5.41) is 8.85. The van der Waals surface area contributed by atoms with Crippen LogP contribution in [0, 0.1) is 0 Å². The van der Waals surface area contributed by atoms with Crippen LogP contribution in [0.1, 0.15) is 37.3 Å². The zero-order chi connectivity index (χ0) is 12.1. The molecule has 0 atom stereocenters. The van der Waals surface area contributed by atoms with E-state index in [1.54, 1.807) is 7.11 Å². The molecule has 1 aromatic carbocycles. The molecule has 0 saturated carbocycles. The molecule has 0 heterocycles. The van der Waals surface area contributed by atoms with Crippen molar-refractivity contribution in [2.45, 2.75) is 32.6 Å². The minimum absolute atomic E-state index is 0.215. The Labute approximate surface area is 106 Å². The van der Waals surface area contributed by atoms with Gasteiger partial charge in [-0.05, 0) is 42.0 Å². The van der Waals surface area contributed by atoms with Crippen LogP contribution in [0.4, 0.5) is 0 Å². The van der Waals surface area contributed by atoms with Crippen LogP contribution in [0.2, 0.25) is 0 Å². The Kier molecular flexibility index (Phi) is 5.29. The first-order chi connectivity index (χ1) is 7.60. The Balaban J connectivity index is 3.05. The fourth-order valence-electron chi connectivity index (χ4n) is 1.71. The molecular formula is C13H19BrO2. The summed E-state index contributed by atoms with van der Waals surface area (Å²) in [6.07, 6.45) is 1.61. The third kappa shape index (κ3) is 3.22. The monoisotopic (exact) mass is 286 g/mol. The molecular weight excluding hydrogens is 268 g/mol. The highest BCUT2D eigenvalue weighted by Crippen LogP contribution is 2.32. The minimum Gasteiger partial charge on any atom is -0.496 e. The van der Waals surface area contributed by atoms with Crippen LogP contribution >= 0.6 is 15.9 Å². The van der Waals surface area contributed by atoms with Crippen molar-refractivity contribution in [2.75, 3.05) is 13.7 Å². The third-order valence-corrected chi connectivity index (χ3v) is 3.31. The van der Waals surface area contributed by atoms with Crippen molar-refractivity contribution in [1.29, 1.82) is 0 Å². The Hall–Kier alpha value is -0.540. The molecule has 0 unspecified atom stereocenters. The van der Waals surface area contributed by atoms with Crippen molar-refractivity contribution in [1.82, 2.24) is 0 Å². The maximum atomic E-state index is 8.85. The van der Waals surface area contributed by atoms with E-state index in [-0.39, 0.29) is 6.61 Å². The summed E-state index contributed by atoms with van der Waals surface area (Å²) >= 11 is 3.58. The van der Waals surface area contributed by atoms with E-state index in [2.05, 4.69) is 41.9 Å². The molecule has 3 heteroatoms. The van der Waals surface area contributed by atoms with Gasteiger partial charge in [0.1, 0.15) is 5.75 Å². The molecule has 1 N–H and O–H groups in total. The van der Waals surface area contributed by atoms with E-state index in [9.17, 15) is 0 Å².